The van der Waals surface area contributed by atoms with Crippen molar-refractivity contribution in [3.05, 3.63) is 53.8 Å². The van der Waals surface area contributed by atoms with E-state index in [1.807, 2.05) is 0 Å². The Morgan fingerprint density at radius 2 is 1.69 bits per heavy atom. The van der Waals surface area contributed by atoms with Gasteiger partial charge in [0.1, 0.15) is 5.82 Å². The summed E-state index contributed by atoms with van der Waals surface area (Å²) in [5.74, 6) is -2.58. The maximum atomic E-state index is 13.4. The Morgan fingerprint density at radius 1 is 0.938 bits per heavy atom. The fourth-order valence-electron chi connectivity index (χ4n) is 1.48. The SMILES string of the molecule is Nc1cc(F)c(F)c(-c2cccc(F)c2)c1. The Hall–Kier alpha value is -1.97. The molecule has 0 atom stereocenters. The van der Waals surface area contributed by atoms with Gasteiger partial charge < -0.3 is 5.73 Å². The van der Waals surface area contributed by atoms with Crippen molar-refractivity contribution in [2.24, 2.45) is 0 Å². The third-order valence-corrected chi connectivity index (χ3v) is 2.19. The average Bonchev–Trinajstić information content (AvgIpc) is 2.23. The van der Waals surface area contributed by atoms with Crippen molar-refractivity contribution in [3.63, 3.8) is 0 Å². The fourth-order valence-corrected chi connectivity index (χ4v) is 1.48. The highest BCUT2D eigenvalue weighted by molar-refractivity contribution is 5.68. The molecule has 0 aromatic heterocycles. The molecule has 0 saturated heterocycles. The lowest BCUT2D eigenvalue weighted by Gasteiger charge is -2.06. The van der Waals surface area contributed by atoms with Crippen LogP contribution in [0.2, 0.25) is 0 Å². The molecular formula is C12H8F3N. The van der Waals surface area contributed by atoms with E-state index in [2.05, 4.69) is 0 Å². The molecule has 1 nitrogen and oxygen atoms in total. The van der Waals surface area contributed by atoms with Crippen molar-refractivity contribution >= 4 is 5.69 Å². The lowest BCUT2D eigenvalue weighted by atomic mass is 10.0. The highest BCUT2D eigenvalue weighted by atomic mass is 19.2. The number of rotatable bonds is 1. The first-order valence-electron chi connectivity index (χ1n) is 4.58. The van der Waals surface area contributed by atoms with E-state index < -0.39 is 17.5 Å². The maximum absolute atomic E-state index is 13.4. The first-order chi connectivity index (χ1) is 7.58. The van der Waals surface area contributed by atoms with Crippen molar-refractivity contribution in [2.75, 3.05) is 5.73 Å². The average molecular weight is 223 g/mol. The number of hydrogen-bond acceptors (Lipinski definition) is 1. The monoisotopic (exact) mass is 223 g/mol. The smallest absolute Gasteiger partial charge is 0.166 e. The quantitative estimate of drug-likeness (QED) is 0.737. The molecule has 0 aliphatic rings. The zero-order valence-electron chi connectivity index (χ0n) is 8.18. The first-order valence-corrected chi connectivity index (χ1v) is 4.58. The molecule has 2 N–H and O–H groups in total. The summed E-state index contributed by atoms with van der Waals surface area (Å²) >= 11 is 0. The minimum absolute atomic E-state index is 0.0444. The first kappa shape index (κ1) is 10.5. The second kappa shape index (κ2) is 3.89. The highest BCUT2D eigenvalue weighted by Crippen LogP contribution is 2.27. The van der Waals surface area contributed by atoms with Crippen LogP contribution in [-0.2, 0) is 0 Å². The van der Waals surface area contributed by atoms with Gasteiger partial charge in [0.25, 0.3) is 0 Å². The van der Waals surface area contributed by atoms with E-state index in [9.17, 15) is 13.2 Å². The van der Waals surface area contributed by atoms with E-state index in [-0.39, 0.29) is 16.8 Å². The predicted molar refractivity (Wildman–Crippen MR) is 56.2 cm³/mol. The van der Waals surface area contributed by atoms with Crippen LogP contribution in [0.4, 0.5) is 18.9 Å². The molecule has 0 aliphatic heterocycles. The molecule has 0 fully saturated rings. The summed E-state index contributed by atoms with van der Waals surface area (Å²) in [5.41, 5.74) is 5.71. The van der Waals surface area contributed by atoms with Gasteiger partial charge in [-0.15, -0.1) is 0 Å². The molecule has 82 valence electrons. The van der Waals surface area contributed by atoms with Crippen molar-refractivity contribution in [1.29, 1.82) is 0 Å². The molecule has 2 rings (SSSR count). The van der Waals surface area contributed by atoms with Gasteiger partial charge in [0.05, 0.1) is 0 Å². The van der Waals surface area contributed by atoms with Crippen LogP contribution in [0, 0.1) is 17.5 Å². The van der Waals surface area contributed by atoms with Gasteiger partial charge >= 0.3 is 0 Å². The number of benzene rings is 2. The summed E-state index contributed by atoms with van der Waals surface area (Å²) in [5, 5.41) is 0. The molecule has 0 amide bonds. The topological polar surface area (TPSA) is 26.0 Å². The van der Waals surface area contributed by atoms with Gasteiger partial charge in [0, 0.05) is 11.3 Å². The predicted octanol–water partition coefficient (Wildman–Crippen LogP) is 3.35. The van der Waals surface area contributed by atoms with Crippen LogP contribution < -0.4 is 5.73 Å². The van der Waals surface area contributed by atoms with Crippen molar-refractivity contribution < 1.29 is 13.2 Å². The third kappa shape index (κ3) is 1.86. The molecule has 0 bridgehead atoms. The molecule has 0 radical (unpaired) electrons. The number of nitrogens with two attached hydrogens (primary N) is 1. The standard InChI is InChI=1S/C12H8F3N/c13-8-3-1-2-7(4-8)10-5-9(16)6-11(14)12(10)15/h1-6H,16H2. The molecule has 2 aromatic carbocycles. The largest absolute Gasteiger partial charge is 0.399 e. The molecule has 0 heterocycles. The second-order valence-electron chi connectivity index (χ2n) is 3.37. The lowest BCUT2D eigenvalue weighted by molar-refractivity contribution is 0.511. The van der Waals surface area contributed by atoms with Crippen LogP contribution in [-0.4, -0.2) is 0 Å². The summed E-state index contributed by atoms with van der Waals surface area (Å²) < 4.78 is 39.5. The van der Waals surface area contributed by atoms with Crippen molar-refractivity contribution in [2.45, 2.75) is 0 Å². The Kier molecular flexibility index (Phi) is 2.56. The minimum Gasteiger partial charge on any atom is -0.399 e. The number of anilines is 1. The van der Waals surface area contributed by atoms with E-state index in [0.717, 1.165) is 12.1 Å². The van der Waals surface area contributed by atoms with Gasteiger partial charge in [-0.1, -0.05) is 12.1 Å². The Bertz CT molecular complexity index is 538. The summed E-state index contributed by atoms with van der Waals surface area (Å²) in [4.78, 5) is 0. The molecule has 0 spiro atoms. The summed E-state index contributed by atoms with van der Waals surface area (Å²) in [6.07, 6.45) is 0. The van der Waals surface area contributed by atoms with Crippen LogP contribution >= 0.6 is 0 Å². The van der Waals surface area contributed by atoms with E-state index >= 15 is 0 Å². The van der Waals surface area contributed by atoms with E-state index in [1.165, 1.54) is 24.3 Å². The lowest BCUT2D eigenvalue weighted by Crippen LogP contribution is -1.94. The molecule has 0 saturated carbocycles. The van der Waals surface area contributed by atoms with Crippen LogP contribution in [0.5, 0.6) is 0 Å². The van der Waals surface area contributed by atoms with Gasteiger partial charge in [0.2, 0.25) is 0 Å². The second-order valence-corrected chi connectivity index (χ2v) is 3.37. The molecule has 0 aliphatic carbocycles. The molecule has 16 heavy (non-hydrogen) atoms. The van der Waals surface area contributed by atoms with Gasteiger partial charge in [-0.25, -0.2) is 13.2 Å². The van der Waals surface area contributed by atoms with Crippen molar-refractivity contribution in [3.8, 4) is 11.1 Å². The summed E-state index contributed by atoms with van der Waals surface area (Å²) in [7, 11) is 0. The number of nitrogen functional groups attached to an aromatic ring is 1. The molecule has 0 unspecified atom stereocenters. The van der Waals surface area contributed by atoms with Gasteiger partial charge in [-0.3, -0.25) is 0 Å². The van der Waals surface area contributed by atoms with Crippen LogP contribution in [0.1, 0.15) is 0 Å². The van der Waals surface area contributed by atoms with Gasteiger partial charge in [-0.2, -0.15) is 0 Å². The molecule has 2 aromatic rings. The Balaban J connectivity index is 2.64. The van der Waals surface area contributed by atoms with E-state index in [0.29, 0.717) is 0 Å². The summed E-state index contributed by atoms with van der Waals surface area (Å²) in [6.45, 7) is 0. The zero-order valence-corrected chi connectivity index (χ0v) is 8.18. The van der Waals surface area contributed by atoms with Crippen LogP contribution in [0.15, 0.2) is 36.4 Å². The Labute approximate surface area is 90.3 Å². The number of halogens is 3. The summed E-state index contributed by atoms with van der Waals surface area (Å²) in [6, 6.07) is 7.41. The Morgan fingerprint density at radius 3 is 2.38 bits per heavy atom. The molecule has 4 heteroatoms. The zero-order chi connectivity index (χ0) is 11.7. The number of hydrogen-bond donors (Lipinski definition) is 1. The normalized spacial score (nSPS) is 10.4. The third-order valence-electron chi connectivity index (χ3n) is 2.19. The highest BCUT2D eigenvalue weighted by Gasteiger charge is 2.11. The van der Waals surface area contributed by atoms with Crippen molar-refractivity contribution in [1.82, 2.24) is 0 Å². The van der Waals surface area contributed by atoms with Crippen LogP contribution in [0.25, 0.3) is 11.1 Å². The van der Waals surface area contributed by atoms with Gasteiger partial charge in [0.15, 0.2) is 11.6 Å². The van der Waals surface area contributed by atoms with Crippen LogP contribution in [0.3, 0.4) is 0 Å². The van der Waals surface area contributed by atoms with E-state index in [4.69, 9.17) is 5.73 Å². The minimum atomic E-state index is -1.04. The van der Waals surface area contributed by atoms with Gasteiger partial charge in [-0.05, 0) is 29.8 Å². The maximum Gasteiger partial charge on any atom is 0.166 e. The fraction of sp³-hybridized carbons (Fsp3) is 0. The van der Waals surface area contributed by atoms with E-state index in [1.54, 1.807) is 0 Å². The molecular weight excluding hydrogens is 215 g/mol.